The number of nitrogens with one attached hydrogen (secondary N) is 1. The quantitative estimate of drug-likeness (QED) is 0.828. The fourth-order valence-corrected chi connectivity index (χ4v) is 2.57. The minimum atomic E-state index is -3.89. The third kappa shape index (κ3) is 4.24. The van der Waals surface area contributed by atoms with Crippen molar-refractivity contribution in [1.29, 1.82) is 0 Å². The van der Waals surface area contributed by atoms with Crippen LogP contribution in [0.3, 0.4) is 0 Å². The molecule has 0 saturated carbocycles. The highest BCUT2D eigenvalue weighted by atomic mass is 32.2. The van der Waals surface area contributed by atoms with Gasteiger partial charge < -0.3 is 14.8 Å². The van der Waals surface area contributed by atoms with E-state index in [4.69, 9.17) is 14.6 Å². The van der Waals surface area contributed by atoms with Gasteiger partial charge in [-0.15, -0.1) is 0 Å². The lowest BCUT2D eigenvalue weighted by atomic mass is 10.2. The molecule has 24 heavy (non-hydrogen) atoms. The van der Waals surface area contributed by atoms with E-state index in [0.717, 1.165) is 0 Å². The van der Waals surface area contributed by atoms with Crippen molar-refractivity contribution in [2.24, 2.45) is 5.14 Å². The number of ether oxygens (including phenoxy) is 2. The predicted octanol–water partition coefficient (Wildman–Crippen LogP) is 1.99. The Hall–Kier alpha value is -2.58. The number of anilines is 1. The molecular formula is C16H18N2O5S. The Morgan fingerprint density at radius 3 is 2.38 bits per heavy atom. The summed E-state index contributed by atoms with van der Waals surface area (Å²) < 4.78 is 33.3. The molecule has 8 heteroatoms. The van der Waals surface area contributed by atoms with E-state index in [1.165, 1.54) is 25.3 Å². The highest BCUT2D eigenvalue weighted by Crippen LogP contribution is 2.27. The predicted molar refractivity (Wildman–Crippen MR) is 89.9 cm³/mol. The maximum absolute atomic E-state index is 12.3. The number of rotatable bonds is 6. The average molecular weight is 350 g/mol. The van der Waals surface area contributed by atoms with E-state index >= 15 is 0 Å². The molecule has 0 aromatic heterocycles. The lowest BCUT2D eigenvalue weighted by molar-refractivity contribution is 0.102. The molecule has 0 spiro atoms. The molecule has 2 rings (SSSR count). The Kier molecular flexibility index (Phi) is 5.42. The number of methoxy groups -OCH3 is 1. The van der Waals surface area contributed by atoms with Crippen LogP contribution in [0.15, 0.2) is 47.4 Å². The number of carbonyl (C=O) groups is 1. The van der Waals surface area contributed by atoms with Gasteiger partial charge in [0.2, 0.25) is 10.0 Å². The van der Waals surface area contributed by atoms with Crippen LogP contribution in [0.1, 0.15) is 17.3 Å². The van der Waals surface area contributed by atoms with Crippen molar-refractivity contribution in [3.8, 4) is 11.5 Å². The molecule has 0 aliphatic heterocycles. The second kappa shape index (κ2) is 7.33. The Bertz CT molecular complexity index is 832. The fourth-order valence-electron chi connectivity index (χ4n) is 2.03. The van der Waals surface area contributed by atoms with Crippen LogP contribution in [0.2, 0.25) is 0 Å². The van der Waals surface area contributed by atoms with Gasteiger partial charge in [0, 0.05) is 5.56 Å². The van der Waals surface area contributed by atoms with Crippen molar-refractivity contribution in [1.82, 2.24) is 0 Å². The second-order valence-electron chi connectivity index (χ2n) is 4.82. The fraction of sp³-hybridized carbons (Fsp3) is 0.188. The molecule has 0 aliphatic rings. The maximum atomic E-state index is 12.3. The summed E-state index contributed by atoms with van der Waals surface area (Å²) in [4.78, 5) is 12.2. The molecule has 3 N–H and O–H groups in total. The molecule has 128 valence electrons. The molecule has 0 radical (unpaired) electrons. The largest absolute Gasteiger partial charge is 0.495 e. The Morgan fingerprint density at radius 2 is 1.83 bits per heavy atom. The van der Waals surface area contributed by atoms with Crippen LogP contribution in [-0.4, -0.2) is 28.0 Å². The van der Waals surface area contributed by atoms with Gasteiger partial charge in [-0.05, 0) is 49.4 Å². The van der Waals surface area contributed by atoms with Gasteiger partial charge in [0.05, 0.1) is 24.3 Å². The Labute approximate surface area is 140 Å². The molecule has 1 amide bonds. The van der Waals surface area contributed by atoms with Gasteiger partial charge in [0.1, 0.15) is 11.5 Å². The molecular weight excluding hydrogens is 332 g/mol. The summed E-state index contributed by atoms with van der Waals surface area (Å²) in [5, 5.41) is 7.73. The standard InChI is InChI=1S/C16H18N2O5S/c1-3-23-12-6-4-11(5-7-12)16(19)18-14-10-13(24(17,20)21)8-9-15(14)22-2/h4-10H,3H2,1-2H3,(H,18,19)(H2,17,20,21). The highest BCUT2D eigenvalue weighted by Gasteiger charge is 2.15. The molecule has 2 aromatic carbocycles. The Morgan fingerprint density at radius 1 is 1.17 bits per heavy atom. The SMILES string of the molecule is CCOc1ccc(C(=O)Nc2cc(S(N)(=O)=O)ccc2OC)cc1. The van der Waals surface area contributed by atoms with Crippen molar-refractivity contribution in [3.05, 3.63) is 48.0 Å². The van der Waals surface area contributed by atoms with Crippen LogP contribution in [0, 0.1) is 0 Å². The molecule has 7 nitrogen and oxygen atoms in total. The van der Waals surface area contributed by atoms with E-state index in [1.54, 1.807) is 24.3 Å². The van der Waals surface area contributed by atoms with Crippen LogP contribution in [0.4, 0.5) is 5.69 Å². The third-order valence-electron chi connectivity index (χ3n) is 3.18. The minimum Gasteiger partial charge on any atom is -0.495 e. The van der Waals surface area contributed by atoms with Crippen molar-refractivity contribution in [3.63, 3.8) is 0 Å². The average Bonchev–Trinajstić information content (AvgIpc) is 2.55. The molecule has 2 aromatic rings. The van der Waals surface area contributed by atoms with Gasteiger partial charge in [-0.1, -0.05) is 0 Å². The lowest BCUT2D eigenvalue weighted by Crippen LogP contribution is -2.15. The zero-order valence-electron chi connectivity index (χ0n) is 13.3. The zero-order chi connectivity index (χ0) is 17.7. The van der Waals surface area contributed by atoms with E-state index < -0.39 is 15.9 Å². The van der Waals surface area contributed by atoms with Crippen LogP contribution in [-0.2, 0) is 10.0 Å². The minimum absolute atomic E-state index is 0.120. The van der Waals surface area contributed by atoms with Crippen molar-refractivity contribution in [2.45, 2.75) is 11.8 Å². The first-order valence-corrected chi connectivity index (χ1v) is 8.65. The number of carbonyl (C=O) groups excluding carboxylic acids is 1. The lowest BCUT2D eigenvalue weighted by Gasteiger charge is -2.12. The number of nitrogens with two attached hydrogens (primary N) is 1. The second-order valence-corrected chi connectivity index (χ2v) is 6.38. The van der Waals surface area contributed by atoms with Gasteiger partial charge in [-0.3, -0.25) is 4.79 Å². The normalized spacial score (nSPS) is 11.0. The summed E-state index contributed by atoms with van der Waals surface area (Å²) in [5.41, 5.74) is 0.601. The highest BCUT2D eigenvalue weighted by molar-refractivity contribution is 7.89. The molecule has 0 fully saturated rings. The first kappa shape index (κ1) is 17.8. The Balaban J connectivity index is 2.27. The van der Waals surface area contributed by atoms with Gasteiger partial charge in [-0.25, -0.2) is 13.6 Å². The van der Waals surface area contributed by atoms with Gasteiger partial charge in [0.15, 0.2) is 0 Å². The van der Waals surface area contributed by atoms with Crippen molar-refractivity contribution >= 4 is 21.6 Å². The number of sulfonamides is 1. The van der Waals surface area contributed by atoms with Crippen molar-refractivity contribution < 1.29 is 22.7 Å². The first-order chi connectivity index (χ1) is 11.3. The van der Waals surface area contributed by atoms with E-state index in [9.17, 15) is 13.2 Å². The third-order valence-corrected chi connectivity index (χ3v) is 4.09. The number of benzene rings is 2. The molecule has 0 heterocycles. The molecule has 0 aliphatic carbocycles. The van der Waals surface area contributed by atoms with Crippen molar-refractivity contribution in [2.75, 3.05) is 19.0 Å². The van der Waals surface area contributed by atoms with Crippen LogP contribution in [0.25, 0.3) is 0 Å². The summed E-state index contributed by atoms with van der Waals surface area (Å²) in [6.45, 7) is 2.40. The summed E-state index contributed by atoms with van der Waals surface area (Å²) in [6, 6.07) is 10.5. The maximum Gasteiger partial charge on any atom is 0.255 e. The molecule has 0 unspecified atom stereocenters. The number of hydrogen-bond donors (Lipinski definition) is 2. The van der Waals surface area contributed by atoms with E-state index in [1.807, 2.05) is 6.92 Å². The summed E-state index contributed by atoms with van der Waals surface area (Å²) >= 11 is 0. The monoisotopic (exact) mass is 350 g/mol. The summed E-state index contributed by atoms with van der Waals surface area (Å²) in [7, 11) is -2.47. The van der Waals surface area contributed by atoms with E-state index in [2.05, 4.69) is 5.32 Å². The van der Waals surface area contributed by atoms with Crippen LogP contribution >= 0.6 is 0 Å². The van der Waals surface area contributed by atoms with Gasteiger partial charge in [0.25, 0.3) is 5.91 Å². The van der Waals surface area contributed by atoms with Crippen LogP contribution < -0.4 is 19.9 Å². The van der Waals surface area contributed by atoms with Gasteiger partial charge >= 0.3 is 0 Å². The van der Waals surface area contributed by atoms with Crippen LogP contribution in [0.5, 0.6) is 11.5 Å². The summed E-state index contributed by atoms with van der Waals surface area (Å²) in [5.74, 6) is 0.562. The number of primary sulfonamides is 1. The first-order valence-electron chi connectivity index (χ1n) is 7.10. The van der Waals surface area contributed by atoms with Gasteiger partial charge in [-0.2, -0.15) is 0 Å². The van der Waals surface area contributed by atoms with E-state index in [0.29, 0.717) is 23.7 Å². The molecule has 0 saturated heterocycles. The molecule has 0 atom stereocenters. The smallest absolute Gasteiger partial charge is 0.255 e. The zero-order valence-corrected chi connectivity index (χ0v) is 14.1. The number of amides is 1. The van der Waals surface area contributed by atoms with E-state index in [-0.39, 0.29) is 10.6 Å². The topological polar surface area (TPSA) is 108 Å². The summed E-state index contributed by atoms with van der Waals surface area (Å²) in [6.07, 6.45) is 0. The molecule has 0 bridgehead atoms. The number of hydrogen-bond acceptors (Lipinski definition) is 5.